The maximum absolute atomic E-state index is 12.7. The first-order chi connectivity index (χ1) is 13.7. The number of benzene rings is 1. The Morgan fingerprint density at radius 3 is 2.53 bits per heavy atom. The number of carbonyl (C=O) groups is 1. The summed E-state index contributed by atoms with van der Waals surface area (Å²) in [5, 5.41) is 3.98. The van der Waals surface area contributed by atoms with Gasteiger partial charge in [0.1, 0.15) is 0 Å². The number of rotatable bonds is 6. The SMILES string of the molecule is Cl.Cl.NC[C@@H]1CN(C(=O)CCc2nc(-c3ccncc3)no2)C[C@H]1c1ccccc1. The number of hydrogen-bond acceptors (Lipinski definition) is 6. The lowest BCUT2D eigenvalue weighted by atomic mass is 9.89. The minimum Gasteiger partial charge on any atom is -0.342 e. The van der Waals surface area contributed by atoms with E-state index >= 15 is 0 Å². The van der Waals surface area contributed by atoms with Crippen molar-refractivity contribution >= 4 is 30.7 Å². The molecule has 1 amide bonds. The van der Waals surface area contributed by atoms with Crippen molar-refractivity contribution in [3.8, 4) is 11.4 Å². The summed E-state index contributed by atoms with van der Waals surface area (Å²) in [7, 11) is 0. The highest BCUT2D eigenvalue weighted by atomic mass is 35.5. The minimum atomic E-state index is 0. The zero-order valence-corrected chi connectivity index (χ0v) is 18.0. The van der Waals surface area contributed by atoms with Gasteiger partial charge in [-0.25, -0.2) is 0 Å². The number of hydrogen-bond donors (Lipinski definition) is 1. The van der Waals surface area contributed by atoms with Crippen LogP contribution < -0.4 is 5.73 Å². The van der Waals surface area contributed by atoms with E-state index in [9.17, 15) is 4.79 Å². The molecule has 7 nitrogen and oxygen atoms in total. The Balaban J connectivity index is 0.00000160. The fourth-order valence-electron chi connectivity index (χ4n) is 3.74. The standard InChI is InChI=1S/C21H23N5O2.2ClH/c22-12-17-13-26(14-18(17)15-4-2-1-3-5-15)20(27)7-6-19-24-21(25-28-19)16-8-10-23-11-9-16;;/h1-5,8-11,17-18H,6-7,12-14,22H2;2*1H/t17-,18+;;/m1../s1. The van der Waals surface area contributed by atoms with Crippen molar-refractivity contribution in [2.24, 2.45) is 11.7 Å². The number of carbonyl (C=O) groups excluding carboxylic acids is 1. The van der Waals surface area contributed by atoms with Crippen LogP contribution in [0.2, 0.25) is 0 Å². The predicted octanol–water partition coefficient (Wildman–Crippen LogP) is 3.11. The highest BCUT2D eigenvalue weighted by Gasteiger charge is 2.35. The summed E-state index contributed by atoms with van der Waals surface area (Å²) in [6, 6.07) is 13.9. The molecule has 0 unspecified atom stereocenters. The van der Waals surface area contributed by atoms with Gasteiger partial charge in [0.25, 0.3) is 0 Å². The lowest BCUT2D eigenvalue weighted by Gasteiger charge is -2.16. The van der Waals surface area contributed by atoms with Gasteiger partial charge in [-0.2, -0.15) is 4.98 Å². The summed E-state index contributed by atoms with van der Waals surface area (Å²) in [6.45, 7) is 1.97. The molecule has 2 atom stereocenters. The van der Waals surface area contributed by atoms with Crippen molar-refractivity contribution in [2.45, 2.75) is 18.8 Å². The summed E-state index contributed by atoms with van der Waals surface area (Å²) in [5.74, 6) is 1.65. The molecule has 4 rings (SSSR count). The van der Waals surface area contributed by atoms with Crippen LogP contribution in [-0.2, 0) is 11.2 Å². The number of amides is 1. The van der Waals surface area contributed by atoms with E-state index in [1.54, 1.807) is 12.4 Å². The van der Waals surface area contributed by atoms with Gasteiger partial charge in [0.2, 0.25) is 17.6 Å². The van der Waals surface area contributed by atoms with Crippen LogP contribution in [0.1, 0.15) is 23.8 Å². The average Bonchev–Trinajstić information content (AvgIpc) is 3.40. The van der Waals surface area contributed by atoms with Crippen LogP contribution in [0.25, 0.3) is 11.4 Å². The van der Waals surface area contributed by atoms with E-state index in [0.29, 0.717) is 44.2 Å². The van der Waals surface area contributed by atoms with E-state index in [1.807, 2.05) is 35.2 Å². The number of nitrogens with zero attached hydrogens (tertiary/aromatic N) is 4. The number of likely N-dealkylation sites (tertiary alicyclic amines) is 1. The number of pyridine rings is 1. The van der Waals surface area contributed by atoms with Gasteiger partial charge >= 0.3 is 0 Å². The van der Waals surface area contributed by atoms with Crippen molar-refractivity contribution in [2.75, 3.05) is 19.6 Å². The third-order valence-corrected chi connectivity index (χ3v) is 5.28. The Labute approximate surface area is 187 Å². The van der Waals surface area contributed by atoms with Gasteiger partial charge in [-0.1, -0.05) is 35.5 Å². The van der Waals surface area contributed by atoms with Gasteiger partial charge in [-0.05, 0) is 30.2 Å². The maximum atomic E-state index is 12.7. The van der Waals surface area contributed by atoms with Crippen molar-refractivity contribution in [1.82, 2.24) is 20.0 Å². The third-order valence-electron chi connectivity index (χ3n) is 5.28. The van der Waals surface area contributed by atoms with Crippen LogP contribution in [0.4, 0.5) is 0 Å². The number of aromatic nitrogens is 3. The van der Waals surface area contributed by atoms with Gasteiger partial charge in [-0.3, -0.25) is 9.78 Å². The van der Waals surface area contributed by atoms with Gasteiger partial charge in [0, 0.05) is 49.8 Å². The first kappa shape index (κ1) is 23.8. The quantitative estimate of drug-likeness (QED) is 0.620. The fourth-order valence-corrected chi connectivity index (χ4v) is 3.74. The molecule has 1 aliphatic heterocycles. The number of halogens is 2. The van der Waals surface area contributed by atoms with E-state index in [-0.39, 0.29) is 42.6 Å². The van der Waals surface area contributed by atoms with Gasteiger partial charge in [-0.15, -0.1) is 24.8 Å². The topological polar surface area (TPSA) is 98.1 Å². The van der Waals surface area contributed by atoms with Crippen LogP contribution in [-0.4, -0.2) is 45.6 Å². The van der Waals surface area contributed by atoms with Gasteiger partial charge in [0.15, 0.2) is 0 Å². The summed E-state index contributed by atoms with van der Waals surface area (Å²) in [4.78, 5) is 23.0. The lowest BCUT2D eigenvalue weighted by Crippen LogP contribution is -2.30. The molecule has 2 aromatic heterocycles. The molecule has 3 aromatic rings. The molecular formula is C21H25Cl2N5O2. The molecule has 1 aliphatic rings. The highest BCUT2D eigenvalue weighted by molar-refractivity contribution is 5.85. The predicted molar refractivity (Wildman–Crippen MR) is 119 cm³/mol. The van der Waals surface area contributed by atoms with Gasteiger partial charge in [0.05, 0.1) is 0 Å². The number of nitrogens with two attached hydrogens (primary N) is 1. The van der Waals surface area contributed by atoms with E-state index in [4.69, 9.17) is 10.3 Å². The fraction of sp³-hybridized carbons (Fsp3) is 0.333. The number of aryl methyl sites for hydroxylation is 1. The molecule has 0 saturated carbocycles. The van der Waals surface area contributed by atoms with E-state index in [0.717, 1.165) is 5.56 Å². The van der Waals surface area contributed by atoms with Crippen LogP contribution in [0.5, 0.6) is 0 Å². The zero-order valence-electron chi connectivity index (χ0n) is 16.4. The summed E-state index contributed by atoms with van der Waals surface area (Å²) in [5.41, 5.74) is 8.05. The molecule has 2 N–H and O–H groups in total. The Kier molecular flexibility index (Phi) is 8.77. The smallest absolute Gasteiger partial charge is 0.227 e. The largest absolute Gasteiger partial charge is 0.342 e. The molecule has 1 fully saturated rings. The van der Waals surface area contributed by atoms with E-state index < -0.39 is 0 Å². The molecule has 30 heavy (non-hydrogen) atoms. The normalized spacial score (nSPS) is 17.8. The second-order valence-corrected chi connectivity index (χ2v) is 7.06. The van der Waals surface area contributed by atoms with Crippen LogP contribution in [0.15, 0.2) is 59.4 Å². The molecule has 1 saturated heterocycles. The summed E-state index contributed by atoms with van der Waals surface area (Å²) < 4.78 is 5.29. The molecule has 0 aliphatic carbocycles. The molecule has 9 heteroatoms. The van der Waals surface area contributed by atoms with Crippen LogP contribution >= 0.6 is 24.8 Å². The molecule has 0 spiro atoms. The monoisotopic (exact) mass is 449 g/mol. The Morgan fingerprint density at radius 2 is 1.83 bits per heavy atom. The zero-order chi connectivity index (χ0) is 19.3. The Bertz CT molecular complexity index is 923. The van der Waals surface area contributed by atoms with Gasteiger partial charge < -0.3 is 15.2 Å². The van der Waals surface area contributed by atoms with Crippen LogP contribution in [0.3, 0.4) is 0 Å². The summed E-state index contributed by atoms with van der Waals surface area (Å²) >= 11 is 0. The maximum Gasteiger partial charge on any atom is 0.227 e. The molecule has 0 radical (unpaired) electrons. The van der Waals surface area contributed by atoms with Crippen molar-refractivity contribution in [1.29, 1.82) is 0 Å². The second-order valence-electron chi connectivity index (χ2n) is 7.06. The lowest BCUT2D eigenvalue weighted by molar-refractivity contribution is -0.130. The first-order valence-electron chi connectivity index (χ1n) is 9.50. The third kappa shape index (κ3) is 5.36. The minimum absolute atomic E-state index is 0. The van der Waals surface area contributed by atoms with E-state index in [1.165, 1.54) is 5.56 Å². The van der Waals surface area contributed by atoms with E-state index in [2.05, 4.69) is 27.3 Å². The highest BCUT2D eigenvalue weighted by Crippen LogP contribution is 2.32. The molecule has 1 aromatic carbocycles. The Morgan fingerprint density at radius 1 is 1.10 bits per heavy atom. The molecule has 3 heterocycles. The second kappa shape index (κ2) is 11.1. The average molecular weight is 450 g/mol. The van der Waals surface area contributed by atoms with Crippen molar-refractivity contribution in [3.05, 3.63) is 66.3 Å². The first-order valence-corrected chi connectivity index (χ1v) is 9.50. The summed E-state index contributed by atoms with van der Waals surface area (Å²) in [6.07, 6.45) is 4.13. The molecule has 0 bridgehead atoms. The molecular weight excluding hydrogens is 425 g/mol. The van der Waals surface area contributed by atoms with Crippen molar-refractivity contribution in [3.63, 3.8) is 0 Å². The van der Waals surface area contributed by atoms with Crippen LogP contribution in [0, 0.1) is 5.92 Å². The Hall–Kier alpha value is -2.48. The van der Waals surface area contributed by atoms with Crippen molar-refractivity contribution < 1.29 is 9.32 Å². The molecule has 160 valence electrons.